The van der Waals surface area contributed by atoms with Crippen molar-refractivity contribution in [2.75, 3.05) is 26.3 Å². The number of hydrogen-bond donors (Lipinski definition) is 4. The Morgan fingerprint density at radius 2 is 1.39 bits per heavy atom. The maximum Gasteiger partial charge on any atom is 0.305 e. The maximum absolute atomic E-state index is 11.9. The lowest BCUT2D eigenvalue weighted by molar-refractivity contribution is -0.149. The Morgan fingerprint density at radius 3 is 1.94 bits per heavy atom. The van der Waals surface area contributed by atoms with Gasteiger partial charge in [-0.15, -0.1) is 0 Å². The zero-order chi connectivity index (χ0) is 26.4. The molecule has 0 amide bonds. The minimum absolute atomic E-state index is 0.157. The predicted octanol–water partition coefficient (Wildman–Crippen LogP) is 3.60. The van der Waals surface area contributed by atoms with Crippen molar-refractivity contribution in [2.45, 2.75) is 89.1 Å². The van der Waals surface area contributed by atoms with Crippen LogP contribution in [0.15, 0.2) is 60.8 Å². The second-order valence-electron chi connectivity index (χ2n) is 8.97. The fraction of sp³-hybridized carbons (Fsp3) is 0.621. The lowest BCUT2D eigenvalue weighted by Gasteiger charge is -2.43. The highest BCUT2D eigenvalue weighted by Crippen LogP contribution is 2.19. The Bertz CT molecular complexity index is 715. The number of ether oxygens (including phenoxy) is 1. The Morgan fingerprint density at radius 1 is 0.833 bits per heavy atom. The summed E-state index contributed by atoms with van der Waals surface area (Å²) in [5.74, 6) is -0.241. The number of piperidine rings is 1. The molecule has 0 saturated carbocycles. The van der Waals surface area contributed by atoms with Gasteiger partial charge in [-0.25, -0.2) is 0 Å². The molecule has 4 N–H and O–H groups in total. The van der Waals surface area contributed by atoms with E-state index in [1.807, 2.05) is 0 Å². The molecule has 36 heavy (non-hydrogen) atoms. The van der Waals surface area contributed by atoms with Crippen LogP contribution in [-0.4, -0.2) is 82.0 Å². The third-order valence-electron chi connectivity index (χ3n) is 5.98. The van der Waals surface area contributed by atoms with Crippen molar-refractivity contribution < 1.29 is 30.0 Å². The summed E-state index contributed by atoms with van der Waals surface area (Å²) in [6.07, 6.45) is 25.4. The predicted molar refractivity (Wildman–Crippen MR) is 144 cm³/mol. The molecule has 7 heteroatoms. The first-order valence-corrected chi connectivity index (χ1v) is 13.3. The van der Waals surface area contributed by atoms with Crippen LogP contribution in [-0.2, 0) is 9.53 Å². The summed E-state index contributed by atoms with van der Waals surface area (Å²) in [7, 11) is 0. The number of carbonyl (C=O) groups is 1. The molecule has 1 fully saturated rings. The fourth-order valence-corrected chi connectivity index (χ4v) is 3.89. The number of esters is 1. The van der Waals surface area contributed by atoms with Crippen LogP contribution >= 0.6 is 0 Å². The molecule has 1 saturated heterocycles. The molecule has 1 aliphatic heterocycles. The number of carbonyl (C=O) groups excluding carboxylic acids is 1. The summed E-state index contributed by atoms with van der Waals surface area (Å²) in [5.41, 5.74) is 0. The molecule has 4 atom stereocenters. The van der Waals surface area contributed by atoms with Crippen LogP contribution in [0.2, 0.25) is 0 Å². The van der Waals surface area contributed by atoms with E-state index in [-0.39, 0.29) is 25.7 Å². The average Bonchev–Trinajstić information content (AvgIpc) is 2.87. The van der Waals surface area contributed by atoms with Gasteiger partial charge in [-0.3, -0.25) is 9.69 Å². The van der Waals surface area contributed by atoms with Gasteiger partial charge in [0.05, 0.1) is 25.4 Å². The van der Waals surface area contributed by atoms with Crippen LogP contribution in [0.25, 0.3) is 0 Å². The first kappa shape index (κ1) is 32.0. The van der Waals surface area contributed by atoms with Gasteiger partial charge in [0.1, 0.15) is 12.2 Å². The number of likely N-dealkylation sites (tertiary alicyclic amines) is 1. The summed E-state index contributed by atoms with van der Waals surface area (Å²) in [6, 6.07) is -0.637. The van der Waals surface area contributed by atoms with E-state index in [4.69, 9.17) is 4.74 Å². The Labute approximate surface area is 217 Å². The molecule has 2 unspecified atom stereocenters. The molecule has 0 aromatic carbocycles. The molecule has 0 bridgehead atoms. The van der Waals surface area contributed by atoms with E-state index in [0.29, 0.717) is 19.4 Å². The third kappa shape index (κ3) is 14.5. The first-order chi connectivity index (χ1) is 17.5. The van der Waals surface area contributed by atoms with Gasteiger partial charge in [-0.2, -0.15) is 0 Å². The average molecular weight is 506 g/mol. The Hall–Kier alpha value is -2.03. The lowest BCUT2D eigenvalue weighted by atomic mass is 9.94. The summed E-state index contributed by atoms with van der Waals surface area (Å²) in [4.78, 5) is 13.6. The molecule has 0 aromatic rings. The van der Waals surface area contributed by atoms with Crippen LogP contribution in [0, 0.1) is 0 Å². The summed E-state index contributed by atoms with van der Waals surface area (Å²) >= 11 is 0. The summed E-state index contributed by atoms with van der Waals surface area (Å²) < 4.78 is 5.25. The van der Waals surface area contributed by atoms with Gasteiger partial charge in [0.2, 0.25) is 0 Å². The second kappa shape index (κ2) is 21.1. The smallest absolute Gasteiger partial charge is 0.305 e. The van der Waals surface area contributed by atoms with E-state index in [1.54, 1.807) is 4.90 Å². The molecular weight excluding hydrogens is 458 g/mol. The molecule has 0 aromatic heterocycles. The minimum Gasteiger partial charge on any atom is -0.466 e. The number of unbranched alkanes of at least 4 members (excludes halogenated alkanes) is 1. The third-order valence-corrected chi connectivity index (χ3v) is 5.98. The van der Waals surface area contributed by atoms with E-state index >= 15 is 0 Å². The molecule has 1 aliphatic rings. The van der Waals surface area contributed by atoms with Crippen LogP contribution < -0.4 is 0 Å². The molecule has 7 nitrogen and oxygen atoms in total. The minimum atomic E-state index is -1.26. The highest BCUT2D eigenvalue weighted by Gasteiger charge is 2.40. The van der Waals surface area contributed by atoms with Gasteiger partial charge in [-0.05, 0) is 51.4 Å². The number of rotatable bonds is 18. The molecule has 1 heterocycles. The van der Waals surface area contributed by atoms with Crippen LogP contribution in [0.4, 0.5) is 0 Å². The first-order valence-electron chi connectivity index (χ1n) is 13.3. The Balaban J connectivity index is 2.03. The van der Waals surface area contributed by atoms with Gasteiger partial charge in [0, 0.05) is 19.5 Å². The highest BCUT2D eigenvalue weighted by atomic mass is 16.5. The molecule has 0 spiro atoms. The second-order valence-corrected chi connectivity index (χ2v) is 8.97. The quantitative estimate of drug-likeness (QED) is 0.128. The van der Waals surface area contributed by atoms with Gasteiger partial charge >= 0.3 is 5.97 Å². The monoisotopic (exact) mass is 505 g/mol. The van der Waals surface area contributed by atoms with Crippen molar-refractivity contribution >= 4 is 5.97 Å². The van der Waals surface area contributed by atoms with Gasteiger partial charge in [0.15, 0.2) is 0 Å². The molecule has 0 radical (unpaired) electrons. The van der Waals surface area contributed by atoms with E-state index < -0.39 is 24.4 Å². The standard InChI is InChI=1S/C29H47NO6/c1-2-3-4-5-6-7-8-9-10-11-12-13-14-15-16-17-18-20-27(33)36-22-19-21-30-23-26(32)29(35)28(34)25(30)24-31/h3-4,6-7,9-10,12-13,15-16,25-26,28-29,31-32,34-35H,2,5,8,11,14,17-24H2,1H3/b4-3-,7-6-,10-9-,13-12-,16-15-/t25?,26?,28-,29-/m1/s1. The van der Waals surface area contributed by atoms with Crippen LogP contribution in [0.1, 0.15) is 64.7 Å². The van der Waals surface area contributed by atoms with E-state index in [1.165, 1.54) is 0 Å². The Kier molecular flexibility index (Phi) is 18.7. The molecule has 204 valence electrons. The zero-order valence-corrected chi connectivity index (χ0v) is 21.8. The van der Waals surface area contributed by atoms with Gasteiger partial charge in [-0.1, -0.05) is 67.7 Å². The SMILES string of the molecule is CC/C=C\C/C=C\C/C=C\C/C=C\C/C=C\CCCC(=O)OCCCN1CC(O)[C@@H](O)[C@H](O)C1CO. The molecule has 0 aliphatic carbocycles. The summed E-state index contributed by atoms with van der Waals surface area (Å²) in [6.45, 7) is 2.66. The number of allylic oxidation sites excluding steroid dienone is 10. The maximum atomic E-state index is 11.9. The van der Waals surface area contributed by atoms with Crippen molar-refractivity contribution in [2.24, 2.45) is 0 Å². The largest absolute Gasteiger partial charge is 0.466 e. The zero-order valence-electron chi connectivity index (χ0n) is 21.8. The topological polar surface area (TPSA) is 110 Å². The van der Waals surface area contributed by atoms with Crippen LogP contribution in [0.3, 0.4) is 0 Å². The molecular formula is C29H47NO6. The number of aliphatic hydroxyl groups is 4. The van der Waals surface area contributed by atoms with Crippen molar-refractivity contribution in [1.82, 2.24) is 4.90 Å². The van der Waals surface area contributed by atoms with E-state index in [0.717, 1.165) is 44.9 Å². The van der Waals surface area contributed by atoms with Crippen molar-refractivity contribution in [1.29, 1.82) is 0 Å². The van der Waals surface area contributed by atoms with Gasteiger partial charge in [0.25, 0.3) is 0 Å². The highest BCUT2D eigenvalue weighted by molar-refractivity contribution is 5.69. The fourth-order valence-electron chi connectivity index (χ4n) is 3.89. The number of β-amino-alcohol motifs (C(OH)–C–C–N with tert-alkyl or cyclic N) is 1. The molecule has 1 rings (SSSR count). The lowest BCUT2D eigenvalue weighted by Crippen LogP contribution is -2.62. The number of nitrogens with zero attached hydrogens (tertiary/aromatic N) is 1. The normalized spacial score (nSPS) is 23.8. The van der Waals surface area contributed by atoms with E-state index in [2.05, 4.69) is 67.7 Å². The van der Waals surface area contributed by atoms with Gasteiger partial charge < -0.3 is 25.2 Å². The number of hydrogen-bond acceptors (Lipinski definition) is 7. The van der Waals surface area contributed by atoms with Crippen molar-refractivity contribution in [3.63, 3.8) is 0 Å². The van der Waals surface area contributed by atoms with Crippen LogP contribution in [0.5, 0.6) is 0 Å². The number of aliphatic hydroxyl groups excluding tert-OH is 4. The van der Waals surface area contributed by atoms with E-state index in [9.17, 15) is 25.2 Å². The summed E-state index contributed by atoms with van der Waals surface area (Å²) in [5, 5.41) is 39.0. The van der Waals surface area contributed by atoms with Crippen molar-refractivity contribution in [3.8, 4) is 0 Å². The van der Waals surface area contributed by atoms with Crippen molar-refractivity contribution in [3.05, 3.63) is 60.8 Å².